The standard InChI is InChI=1S/C43H36N6O2.Pt/c1-5-11-29-18-23-45-40(24-29)48-38-15-10-9-14-36(38)37-17-16-33(28-39(37)48)51-35-26-32(25-34(27-35)50-4)49-43(47(2)3)41(30-12-7-6-8-13-30)42(46-49)31-19-21-44-22-20-31;/h6-10,12-25,27H,5,11H2,1-4H3;/q-2;+2. The Morgan fingerprint density at radius 3 is 2.33 bits per heavy atom. The Morgan fingerprint density at radius 2 is 1.56 bits per heavy atom. The van der Waals surface area contributed by atoms with Crippen LogP contribution in [-0.2, 0) is 27.5 Å². The summed E-state index contributed by atoms with van der Waals surface area (Å²) in [5.41, 5.74) is 7.68. The Morgan fingerprint density at radius 1 is 0.769 bits per heavy atom. The number of aryl methyl sites for hydroxylation is 1. The van der Waals surface area contributed by atoms with Gasteiger partial charge in [-0.15, -0.1) is 29.7 Å². The van der Waals surface area contributed by atoms with Gasteiger partial charge in [-0.2, -0.15) is 11.2 Å². The first-order valence-electron chi connectivity index (χ1n) is 17.0. The van der Waals surface area contributed by atoms with Gasteiger partial charge in [-0.3, -0.25) is 4.98 Å². The molecule has 0 aliphatic rings. The Labute approximate surface area is 317 Å². The number of benzene rings is 4. The molecule has 0 radical (unpaired) electrons. The van der Waals surface area contributed by atoms with Crippen LogP contribution in [0.15, 0.2) is 122 Å². The number of aromatic nitrogens is 5. The van der Waals surface area contributed by atoms with Crippen molar-refractivity contribution in [2.75, 3.05) is 26.1 Å². The van der Waals surface area contributed by atoms with Gasteiger partial charge in [0.05, 0.1) is 12.7 Å². The summed E-state index contributed by atoms with van der Waals surface area (Å²) in [6.07, 6.45) is 7.50. The number of rotatable bonds is 10. The number of nitrogens with zero attached hydrogens (tertiary/aromatic N) is 6. The van der Waals surface area contributed by atoms with Crippen LogP contribution < -0.4 is 14.4 Å². The number of anilines is 1. The number of hydrogen-bond acceptors (Lipinski definition) is 6. The van der Waals surface area contributed by atoms with Gasteiger partial charge >= 0.3 is 21.1 Å². The third-order valence-electron chi connectivity index (χ3n) is 8.92. The normalized spacial score (nSPS) is 11.1. The van der Waals surface area contributed by atoms with Crippen LogP contribution in [0, 0.1) is 12.1 Å². The molecule has 0 aliphatic carbocycles. The van der Waals surface area contributed by atoms with Crippen LogP contribution in [0.2, 0.25) is 0 Å². The molecule has 260 valence electrons. The van der Waals surface area contributed by atoms with E-state index < -0.39 is 0 Å². The van der Waals surface area contributed by atoms with Gasteiger partial charge in [0.15, 0.2) is 0 Å². The zero-order chi connectivity index (χ0) is 34.9. The third kappa shape index (κ3) is 6.46. The molecule has 0 fully saturated rings. The van der Waals surface area contributed by atoms with E-state index in [-0.39, 0.29) is 21.1 Å². The van der Waals surface area contributed by atoms with Gasteiger partial charge in [0.25, 0.3) is 0 Å². The molecule has 0 N–H and O–H groups in total. The quantitative estimate of drug-likeness (QED) is 0.128. The second kappa shape index (κ2) is 14.9. The summed E-state index contributed by atoms with van der Waals surface area (Å²) < 4.78 is 16.4. The van der Waals surface area contributed by atoms with E-state index in [1.165, 1.54) is 5.56 Å². The van der Waals surface area contributed by atoms with E-state index in [0.29, 0.717) is 22.9 Å². The molecule has 0 spiro atoms. The largest absolute Gasteiger partial charge is 2.00 e. The van der Waals surface area contributed by atoms with Crippen molar-refractivity contribution >= 4 is 27.6 Å². The zero-order valence-corrected chi connectivity index (χ0v) is 31.5. The number of fused-ring (bicyclic) bond motifs is 3. The van der Waals surface area contributed by atoms with Crippen molar-refractivity contribution in [1.29, 1.82) is 0 Å². The van der Waals surface area contributed by atoms with Crippen LogP contribution in [0.1, 0.15) is 18.9 Å². The first kappa shape index (κ1) is 34.7. The van der Waals surface area contributed by atoms with Gasteiger partial charge in [-0.1, -0.05) is 73.5 Å². The van der Waals surface area contributed by atoms with E-state index in [1.54, 1.807) is 19.5 Å². The van der Waals surface area contributed by atoms with Crippen molar-refractivity contribution in [3.63, 3.8) is 0 Å². The van der Waals surface area contributed by atoms with Gasteiger partial charge in [0, 0.05) is 61.0 Å². The van der Waals surface area contributed by atoms with E-state index in [0.717, 1.165) is 68.7 Å². The number of para-hydroxylation sites is 1. The number of pyridine rings is 2. The second-order valence-electron chi connectivity index (χ2n) is 12.5. The molecule has 52 heavy (non-hydrogen) atoms. The van der Waals surface area contributed by atoms with Crippen LogP contribution in [0.3, 0.4) is 0 Å². The monoisotopic (exact) mass is 863 g/mol. The topological polar surface area (TPSA) is 70.2 Å². The Bertz CT molecular complexity index is 2490. The van der Waals surface area contributed by atoms with Crippen molar-refractivity contribution in [1.82, 2.24) is 24.3 Å². The number of hydrogen-bond donors (Lipinski definition) is 0. The molecule has 9 heteroatoms. The van der Waals surface area contributed by atoms with E-state index in [4.69, 9.17) is 19.6 Å². The molecule has 0 bridgehead atoms. The van der Waals surface area contributed by atoms with Crippen LogP contribution in [0.25, 0.3) is 55.7 Å². The van der Waals surface area contributed by atoms with Crippen LogP contribution in [-0.4, -0.2) is 45.5 Å². The minimum atomic E-state index is 0. The summed E-state index contributed by atoms with van der Waals surface area (Å²) in [4.78, 5) is 11.1. The minimum Gasteiger partial charge on any atom is -0.522 e. The van der Waals surface area contributed by atoms with Crippen molar-refractivity contribution in [2.45, 2.75) is 19.8 Å². The first-order chi connectivity index (χ1) is 25.0. The molecule has 0 atom stereocenters. The third-order valence-corrected chi connectivity index (χ3v) is 8.92. The van der Waals surface area contributed by atoms with Gasteiger partial charge in [0.1, 0.15) is 17.3 Å². The van der Waals surface area contributed by atoms with E-state index in [1.807, 2.05) is 73.5 Å². The maximum Gasteiger partial charge on any atom is 2.00 e. The van der Waals surface area contributed by atoms with Crippen molar-refractivity contribution < 1.29 is 30.5 Å². The number of methoxy groups -OCH3 is 1. The molecule has 0 aliphatic heterocycles. The van der Waals surface area contributed by atoms with Crippen LogP contribution in [0.4, 0.5) is 5.82 Å². The predicted molar refractivity (Wildman–Crippen MR) is 203 cm³/mol. The molecule has 0 amide bonds. The molecule has 8 rings (SSSR count). The molecule has 0 saturated carbocycles. The molecule has 4 aromatic heterocycles. The van der Waals surface area contributed by atoms with Crippen LogP contribution in [0.5, 0.6) is 17.2 Å². The smallest absolute Gasteiger partial charge is 0.522 e. The fourth-order valence-corrected chi connectivity index (χ4v) is 6.68. The van der Waals surface area contributed by atoms with Crippen molar-refractivity contribution in [3.8, 4) is 51.1 Å². The Hall–Kier alpha value is -5.72. The second-order valence-corrected chi connectivity index (χ2v) is 12.5. The van der Waals surface area contributed by atoms with E-state index >= 15 is 0 Å². The fraction of sp³-hybridized carbons (Fsp3) is 0.140. The average molecular weight is 864 g/mol. The van der Waals surface area contributed by atoms with E-state index in [2.05, 4.69) is 88.1 Å². The summed E-state index contributed by atoms with van der Waals surface area (Å²) in [6, 6.07) is 41.7. The van der Waals surface area contributed by atoms with Gasteiger partial charge in [-0.05, 0) is 59.0 Å². The average Bonchev–Trinajstić information content (AvgIpc) is 3.73. The molecular weight excluding hydrogens is 828 g/mol. The molecular formula is C43H36N6O2Pt. The SMILES string of the molecule is CCCc1ccnc(-n2c3[c-]c(Oc4[c-]c(-n5nc(-c6ccncc6)c(-c6ccccc6)c5N(C)C)cc(OC)c4)ccc3c3ccccc32)c1.[Pt+2]. The zero-order valence-electron chi connectivity index (χ0n) is 29.3. The van der Waals surface area contributed by atoms with E-state index in [9.17, 15) is 0 Å². The summed E-state index contributed by atoms with van der Waals surface area (Å²) in [7, 11) is 5.68. The predicted octanol–water partition coefficient (Wildman–Crippen LogP) is 9.51. The van der Waals surface area contributed by atoms with Gasteiger partial charge < -0.3 is 18.9 Å². The molecule has 8 aromatic rings. The first-order valence-corrected chi connectivity index (χ1v) is 17.0. The number of ether oxygens (including phenoxy) is 2. The fourth-order valence-electron chi connectivity index (χ4n) is 6.68. The maximum atomic E-state index is 6.56. The summed E-state index contributed by atoms with van der Waals surface area (Å²) >= 11 is 0. The molecule has 4 heterocycles. The summed E-state index contributed by atoms with van der Waals surface area (Å²) in [5.74, 6) is 3.36. The van der Waals surface area contributed by atoms with Crippen molar-refractivity contribution in [3.05, 3.63) is 139 Å². The maximum absolute atomic E-state index is 6.56. The Kier molecular flexibility index (Phi) is 9.92. The van der Waals surface area contributed by atoms with Crippen LogP contribution >= 0.6 is 0 Å². The molecule has 0 unspecified atom stereocenters. The molecule has 4 aromatic carbocycles. The molecule has 8 nitrogen and oxygen atoms in total. The van der Waals surface area contributed by atoms with Gasteiger partial charge in [0.2, 0.25) is 0 Å². The Balaban J connectivity index is 0.00000420. The summed E-state index contributed by atoms with van der Waals surface area (Å²) in [5, 5.41) is 7.39. The molecule has 0 saturated heterocycles. The minimum absolute atomic E-state index is 0. The summed E-state index contributed by atoms with van der Waals surface area (Å²) in [6.45, 7) is 2.19. The van der Waals surface area contributed by atoms with Crippen molar-refractivity contribution in [2.24, 2.45) is 0 Å². The van der Waals surface area contributed by atoms with Gasteiger partial charge in [-0.25, -0.2) is 9.67 Å².